The molecule has 4 aromatic rings. The topological polar surface area (TPSA) is 64.1 Å². The number of aromatic nitrogens is 2. The van der Waals surface area contributed by atoms with E-state index in [0.717, 1.165) is 34.1 Å². The lowest BCUT2D eigenvalue weighted by Gasteiger charge is -2.27. The van der Waals surface area contributed by atoms with Gasteiger partial charge in [-0.3, -0.25) is 10.1 Å². The SMILES string of the molecule is O=C(Nc1nnc(SCCCc2ccccc2)s1)C1c2ccccc2Oc2ccccc21. The number of carbonyl (C=O) groups excluding carboxylic acids is 1. The minimum Gasteiger partial charge on any atom is -0.457 e. The van der Waals surface area contributed by atoms with E-state index in [2.05, 4.69) is 39.8 Å². The average Bonchev–Trinajstić information content (AvgIpc) is 3.28. The molecule has 160 valence electrons. The summed E-state index contributed by atoms with van der Waals surface area (Å²) in [5.74, 6) is 1.78. The summed E-state index contributed by atoms with van der Waals surface area (Å²) in [6.45, 7) is 0. The molecule has 0 saturated carbocycles. The van der Waals surface area contributed by atoms with Crippen molar-refractivity contribution in [1.82, 2.24) is 10.2 Å². The molecule has 5 rings (SSSR count). The maximum Gasteiger partial charge on any atom is 0.238 e. The van der Waals surface area contributed by atoms with Gasteiger partial charge < -0.3 is 4.74 Å². The highest BCUT2D eigenvalue weighted by atomic mass is 32.2. The molecule has 32 heavy (non-hydrogen) atoms. The molecule has 0 aliphatic carbocycles. The van der Waals surface area contributed by atoms with E-state index in [9.17, 15) is 4.79 Å². The van der Waals surface area contributed by atoms with Crippen LogP contribution in [-0.2, 0) is 11.2 Å². The molecule has 0 atom stereocenters. The maximum atomic E-state index is 13.3. The first-order chi connectivity index (χ1) is 15.8. The number of hydrogen-bond acceptors (Lipinski definition) is 6. The fourth-order valence-electron chi connectivity index (χ4n) is 3.77. The van der Waals surface area contributed by atoms with Crippen molar-refractivity contribution >= 4 is 34.1 Å². The smallest absolute Gasteiger partial charge is 0.238 e. The van der Waals surface area contributed by atoms with E-state index in [0.29, 0.717) is 16.6 Å². The van der Waals surface area contributed by atoms with Gasteiger partial charge in [0.1, 0.15) is 11.5 Å². The van der Waals surface area contributed by atoms with Crippen molar-refractivity contribution in [2.24, 2.45) is 0 Å². The van der Waals surface area contributed by atoms with E-state index >= 15 is 0 Å². The van der Waals surface area contributed by atoms with Crippen LogP contribution in [0.15, 0.2) is 83.2 Å². The molecule has 1 N–H and O–H groups in total. The van der Waals surface area contributed by atoms with Gasteiger partial charge >= 0.3 is 0 Å². The summed E-state index contributed by atoms with van der Waals surface area (Å²) in [6, 6.07) is 25.8. The van der Waals surface area contributed by atoms with Gasteiger partial charge in [-0.2, -0.15) is 0 Å². The van der Waals surface area contributed by atoms with Crippen LogP contribution in [0.25, 0.3) is 0 Å². The number of hydrogen-bond donors (Lipinski definition) is 1. The lowest BCUT2D eigenvalue weighted by Crippen LogP contribution is -2.25. The van der Waals surface area contributed by atoms with Gasteiger partial charge in [-0.05, 0) is 30.5 Å². The highest BCUT2D eigenvalue weighted by Gasteiger charge is 2.32. The van der Waals surface area contributed by atoms with E-state index in [1.165, 1.54) is 16.9 Å². The van der Waals surface area contributed by atoms with Gasteiger partial charge in [-0.15, -0.1) is 10.2 Å². The molecular weight excluding hydrogens is 438 g/mol. The van der Waals surface area contributed by atoms with E-state index in [4.69, 9.17) is 4.74 Å². The first-order valence-electron chi connectivity index (χ1n) is 10.4. The monoisotopic (exact) mass is 459 g/mol. The number of carbonyl (C=O) groups is 1. The summed E-state index contributed by atoms with van der Waals surface area (Å²) in [5, 5.41) is 11.9. The third-order valence-corrected chi connectivity index (χ3v) is 7.32. The Balaban J connectivity index is 1.24. The predicted molar refractivity (Wildman–Crippen MR) is 129 cm³/mol. The number of nitrogens with one attached hydrogen (secondary N) is 1. The molecule has 0 bridgehead atoms. The van der Waals surface area contributed by atoms with Gasteiger partial charge in [0.15, 0.2) is 4.34 Å². The second-order valence-electron chi connectivity index (χ2n) is 7.41. The number of aryl methyl sites for hydroxylation is 1. The Hall–Kier alpha value is -3.16. The molecule has 0 radical (unpaired) electrons. The Morgan fingerprint density at radius 2 is 1.56 bits per heavy atom. The van der Waals surface area contributed by atoms with Gasteiger partial charge in [-0.1, -0.05) is 89.8 Å². The van der Waals surface area contributed by atoms with Crippen LogP contribution in [0, 0.1) is 0 Å². The van der Waals surface area contributed by atoms with Gasteiger partial charge in [0.25, 0.3) is 0 Å². The molecule has 3 aromatic carbocycles. The Labute approximate surface area is 194 Å². The van der Waals surface area contributed by atoms with Crippen LogP contribution in [-0.4, -0.2) is 21.9 Å². The summed E-state index contributed by atoms with van der Waals surface area (Å²) in [5.41, 5.74) is 3.04. The molecule has 5 nitrogen and oxygen atoms in total. The second kappa shape index (κ2) is 9.54. The van der Waals surface area contributed by atoms with Crippen LogP contribution in [0.3, 0.4) is 0 Å². The molecule has 7 heteroatoms. The van der Waals surface area contributed by atoms with Gasteiger partial charge in [0, 0.05) is 16.9 Å². The molecule has 1 aliphatic heterocycles. The molecule has 0 unspecified atom stereocenters. The number of amides is 1. The van der Waals surface area contributed by atoms with Gasteiger partial charge in [0.05, 0.1) is 5.92 Å². The Morgan fingerprint density at radius 1 is 0.906 bits per heavy atom. The number of rotatable bonds is 7. The summed E-state index contributed by atoms with van der Waals surface area (Å²) >= 11 is 3.09. The predicted octanol–water partition coefficient (Wildman–Crippen LogP) is 6.14. The minimum absolute atomic E-state index is 0.134. The van der Waals surface area contributed by atoms with Crippen molar-refractivity contribution in [3.8, 4) is 11.5 Å². The Bertz CT molecular complexity index is 1180. The normalized spacial score (nSPS) is 12.5. The van der Waals surface area contributed by atoms with E-state index in [1.54, 1.807) is 11.8 Å². The van der Waals surface area contributed by atoms with Crippen molar-refractivity contribution in [2.45, 2.75) is 23.1 Å². The van der Waals surface area contributed by atoms with E-state index in [-0.39, 0.29) is 5.91 Å². The van der Waals surface area contributed by atoms with E-state index < -0.39 is 5.92 Å². The number of thioether (sulfide) groups is 1. The fourth-order valence-corrected chi connectivity index (χ4v) is 5.53. The average molecular weight is 460 g/mol. The minimum atomic E-state index is -0.456. The van der Waals surface area contributed by atoms with Gasteiger partial charge in [0.2, 0.25) is 11.0 Å². The lowest BCUT2D eigenvalue weighted by atomic mass is 9.87. The number of nitrogens with zero attached hydrogens (tertiary/aromatic N) is 2. The van der Waals surface area contributed by atoms with Gasteiger partial charge in [-0.25, -0.2) is 0 Å². The van der Waals surface area contributed by atoms with Crippen molar-refractivity contribution < 1.29 is 9.53 Å². The van der Waals surface area contributed by atoms with Crippen molar-refractivity contribution in [3.05, 3.63) is 95.6 Å². The molecule has 0 spiro atoms. The Kier molecular flexibility index (Phi) is 6.18. The molecule has 0 fully saturated rings. The highest BCUT2D eigenvalue weighted by molar-refractivity contribution is 8.01. The molecule has 1 aromatic heterocycles. The summed E-state index contributed by atoms with van der Waals surface area (Å²) < 4.78 is 6.85. The zero-order valence-electron chi connectivity index (χ0n) is 17.2. The largest absolute Gasteiger partial charge is 0.457 e. The van der Waals surface area contributed by atoms with Crippen molar-refractivity contribution in [1.29, 1.82) is 0 Å². The number of benzene rings is 3. The third kappa shape index (κ3) is 4.54. The molecule has 2 heterocycles. The van der Waals surface area contributed by atoms with Crippen LogP contribution < -0.4 is 10.1 Å². The number of fused-ring (bicyclic) bond motifs is 2. The van der Waals surface area contributed by atoms with Crippen LogP contribution >= 0.6 is 23.1 Å². The van der Waals surface area contributed by atoms with Crippen LogP contribution in [0.5, 0.6) is 11.5 Å². The summed E-state index contributed by atoms with van der Waals surface area (Å²) in [4.78, 5) is 13.3. The quantitative estimate of drug-likeness (QED) is 0.204. The van der Waals surface area contributed by atoms with Crippen LogP contribution in [0.4, 0.5) is 5.13 Å². The third-order valence-electron chi connectivity index (χ3n) is 5.26. The number of ether oxygens (including phenoxy) is 1. The highest BCUT2D eigenvalue weighted by Crippen LogP contribution is 2.44. The van der Waals surface area contributed by atoms with Crippen LogP contribution in [0.1, 0.15) is 29.0 Å². The zero-order chi connectivity index (χ0) is 21.8. The first-order valence-corrected chi connectivity index (χ1v) is 12.2. The van der Waals surface area contributed by atoms with Crippen molar-refractivity contribution in [3.63, 3.8) is 0 Å². The summed E-state index contributed by atoms with van der Waals surface area (Å²) in [7, 11) is 0. The first kappa shape index (κ1) is 20.7. The molecule has 1 aliphatic rings. The second-order valence-corrected chi connectivity index (χ2v) is 9.73. The standard InChI is InChI=1S/C25H21N3O2S2/c29-23(22-18-12-4-6-14-20(18)30-21-15-7-5-13-19(21)22)26-24-27-28-25(32-24)31-16-8-11-17-9-2-1-3-10-17/h1-7,9-10,12-15,22H,8,11,16H2,(H,26,27,29). The molecule has 1 amide bonds. The van der Waals surface area contributed by atoms with Crippen molar-refractivity contribution in [2.75, 3.05) is 11.1 Å². The number of para-hydroxylation sites is 2. The fraction of sp³-hybridized carbons (Fsp3) is 0.160. The van der Waals surface area contributed by atoms with E-state index in [1.807, 2.05) is 54.6 Å². The lowest BCUT2D eigenvalue weighted by molar-refractivity contribution is -0.116. The molecular formula is C25H21N3O2S2. The summed E-state index contributed by atoms with van der Waals surface area (Å²) in [6.07, 6.45) is 2.10. The number of anilines is 1. The van der Waals surface area contributed by atoms with Crippen LogP contribution in [0.2, 0.25) is 0 Å². The zero-order valence-corrected chi connectivity index (χ0v) is 18.9. The maximum absolute atomic E-state index is 13.3. The molecule has 0 saturated heterocycles. The Morgan fingerprint density at radius 3 is 2.28 bits per heavy atom.